The van der Waals surface area contributed by atoms with E-state index in [9.17, 15) is 4.79 Å². The van der Waals surface area contributed by atoms with E-state index in [4.69, 9.17) is 10.5 Å². The van der Waals surface area contributed by atoms with Crippen LogP contribution in [-0.2, 0) is 22.7 Å². The second-order valence-corrected chi connectivity index (χ2v) is 3.80. The average molecular weight is 236 g/mol. The standard InChI is InChI=1S/C13H20N2O2/c1-2-7-17-10-12-6-4-3-5-11(12)9-15-13(16)8-14/h3-6H,2,7-10,14H2,1H3,(H,15,16). The second-order valence-electron chi connectivity index (χ2n) is 3.80. The van der Waals surface area contributed by atoms with Gasteiger partial charge in [-0.1, -0.05) is 31.2 Å². The zero-order chi connectivity index (χ0) is 12.5. The minimum atomic E-state index is -0.144. The van der Waals surface area contributed by atoms with Gasteiger partial charge in [-0.05, 0) is 17.5 Å². The summed E-state index contributed by atoms with van der Waals surface area (Å²) in [5.41, 5.74) is 7.42. The minimum absolute atomic E-state index is 0.0223. The van der Waals surface area contributed by atoms with Gasteiger partial charge in [0.1, 0.15) is 0 Å². The maximum atomic E-state index is 11.1. The molecule has 0 saturated heterocycles. The largest absolute Gasteiger partial charge is 0.377 e. The zero-order valence-corrected chi connectivity index (χ0v) is 10.2. The highest BCUT2D eigenvalue weighted by Crippen LogP contribution is 2.10. The Bertz CT molecular complexity index is 353. The van der Waals surface area contributed by atoms with E-state index in [1.165, 1.54) is 0 Å². The Balaban J connectivity index is 2.54. The van der Waals surface area contributed by atoms with E-state index in [1.807, 2.05) is 24.3 Å². The lowest BCUT2D eigenvalue weighted by Crippen LogP contribution is -2.30. The lowest BCUT2D eigenvalue weighted by Gasteiger charge is -2.10. The molecule has 0 bridgehead atoms. The highest BCUT2D eigenvalue weighted by atomic mass is 16.5. The maximum Gasteiger partial charge on any atom is 0.234 e. The molecule has 94 valence electrons. The lowest BCUT2D eigenvalue weighted by molar-refractivity contribution is -0.119. The van der Waals surface area contributed by atoms with Crippen molar-refractivity contribution in [3.63, 3.8) is 0 Å². The third kappa shape index (κ3) is 4.97. The van der Waals surface area contributed by atoms with Crippen LogP contribution < -0.4 is 11.1 Å². The first-order valence-corrected chi connectivity index (χ1v) is 5.89. The molecular weight excluding hydrogens is 216 g/mol. The number of rotatable bonds is 7. The molecule has 0 aliphatic rings. The molecule has 1 amide bonds. The normalized spacial score (nSPS) is 10.2. The molecule has 1 aromatic rings. The fourth-order valence-electron chi connectivity index (χ4n) is 1.46. The average Bonchev–Trinajstić information content (AvgIpc) is 2.37. The number of carbonyl (C=O) groups is 1. The molecule has 4 heteroatoms. The van der Waals surface area contributed by atoms with E-state index in [1.54, 1.807) is 0 Å². The van der Waals surface area contributed by atoms with Crippen LogP contribution >= 0.6 is 0 Å². The van der Waals surface area contributed by atoms with Crippen molar-refractivity contribution >= 4 is 5.91 Å². The monoisotopic (exact) mass is 236 g/mol. The molecule has 1 rings (SSSR count). The summed E-state index contributed by atoms with van der Waals surface area (Å²) < 4.78 is 5.51. The van der Waals surface area contributed by atoms with Crippen molar-refractivity contribution in [1.82, 2.24) is 5.32 Å². The first-order chi connectivity index (χ1) is 8.27. The Morgan fingerprint density at radius 3 is 2.71 bits per heavy atom. The smallest absolute Gasteiger partial charge is 0.234 e. The highest BCUT2D eigenvalue weighted by molar-refractivity contribution is 5.77. The number of nitrogens with two attached hydrogens (primary N) is 1. The molecule has 0 aromatic heterocycles. The summed E-state index contributed by atoms with van der Waals surface area (Å²) >= 11 is 0. The van der Waals surface area contributed by atoms with Gasteiger partial charge in [-0.25, -0.2) is 0 Å². The SMILES string of the molecule is CCCOCc1ccccc1CNC(=O)CN. The first-order valence-electron chi connectivity index (χ1n) is 5.89. The van der Waals surface area contributed by atoms with Gasteiger partial charge in [0.25, 0.3) is 0 Å². The zero-order valence-electron chi connectivity index (χ0n) is 10.2. The summed E-state index contributed by atoms with van der Waals surface area (Å²) in [7, 11) is 0. The van der Waals surface area contributed by atoms with Gasteiger partial charge in [-0.3, -0.25) is 4.79 Å². The van der Waals surface area contributed by atoms with Crippen LogP contribution in [0, 0.1) is 0 Å². The molecule has 0 heterocycles. The molecule has 0 unspecified atom stereocenters. The Kier molecular flexibility index (Phi) is 6.29. The molecule has 4 nitrogen and oxygen atoms in total. The van der Waals surface area contributed by atoms with Crippen molar-refractivity contribution in [2.75, 3.05) is 13.2 Å². The molecule has 3 N–H and O–H groups in total. The van der Waals surface area contributed by atoms with Crippen LogP contribution in [-0.4, -0.2) is 19.1 Å². The van der Waals surface area contributed by atoms with Crippen LogP contribution in [0.2, 0.25) is 0 Å². The van der Waals surface area contributed by atoms with Crippen molar-refractivity contribution in [1.29, 1.82) is 0 Å². The van der Waals surface area contributed by atoms with Crippen LogP contribution in [0.4, 0.5) is 0 Å². The summed E-state index contributed by atoms with van der Waals surface area (Å²) in [5, 5.41) is 2.76. The van der Waals surface area contributed by atoms with Crippen molar-refractivity contribution in [2.24, 2.45) is 5.73 Å². The maximum absolute atomic E-state index is 11.1. The number of nitrogens with one attached hydrogen (secondary N) is 1. The molecule has 0 atom stereocenters. The fraction of sp³-hybridized carbons (Fsp3) is 0.462. The van der Waals surface area contributed by atoms with Gasteiger partial charge in [0.2, 0.25) is 5.91 Å². The summed E-state index contributed by atoms with van der Waals surface area (Å²) in [4.78, 5) is 11.1. The van der Waals surface area contributed by atoms with E-state index >= 15 is 0 Å². The van der Waals surface area contributed by atoms with Gasteiger partial charge >= 0.3 is 0 Å². The van der Waals surface area contributed by atoms with Crippen LogP contribution in [0.5, 0.6) is 0 Å². The predicted molar refractivity (Wildman–Crippen MR) is 67.3 cm³/mol. The molecule has 0 spiro atoms. The Morgan fingerprint density at radius 1 is 1.35 bits per heavy atom. The molecule has 0 saturated carbocycles. The highest BCUT2D eigenvalue weighted by Gasteiger charge is 2.03. The predicted octanol–water partition coefficient (Wildman–Crippen LogP) is 1.19. The van der Waals surface area contributed by atoms with E-state index in [0.29, 0.717) is 13.2 Å². The van der Waals surface area contributed by atoms with Gasteiger partial charge in [0.05, 0.1) is 13.2 Å². The van der Waals surface area contributed by atoms with Crippen molar-refractivity contribution in [3.8, 4) is 0 Å². The number of carbonyl (C=O) groups excluding carboxylic acids is 1. The van der Waals surface area contributed by atoms with E-state index in [-0.39, 0.29) is 12.5 Å². The quantitative estimate of drug-likeness (QED) is 0.699. The van der Waals surface area contributed by atoms with Gasteiger partial charge in [-0.15, -0.1) is 0 Å². The molecule has 0 fully saturated rings. The Labute approximate surface area is 102 Å². The molecule has 0 radical (unpaired) electrons. The number of hydrogen-bond acceptors (Lipinski definition) is 3. The van der Waals surface area contributed by atoms with Crippen molar-refractivity contribution in [3.05, 3.63) is 35.4 Å². The number of benzene rings is 1. The molecular formula is C13H20N2O2. The van der Waals surface area contributed by atoms with Crippen LogP contribution in [0.3, 0.4) is 0 Å². The van der Waals surface area contributed by atoms with Crippen LogP contribution in [0.1, 0.15) is 24.5 Å². The summed E-state index contributed by atoms with van der Waals surface area (Å²) in [5.74, 6) is -0.144. The van der Waals surface area contributed by atoms with Crippen molar-refractivity contribution in [2.45, 2.75) is 26.5 Å². The van der Waals surface area contributed by atoms with Crippen LogP contribution in [0.25, 0.3) is 0 Å². The Hall–Kier alpha value is -1.39. The van der Waals surface area contributed by atoms with Crippen molar-refractivity contribution < 1.29 is 9.53 Å². The Morgan fingerprint density at radius 2 is 2.06 bits per heavy atom. The lowest BCUT2D eigenvalue weighted by atomic mass is 10.1. The van der Waals surface area contributed by atoms with Gasteiger partial charge in [-0.2, -0.15) is 0 Å². The number of hydrogen-bond donors (Lipinski definition) is 2. The van der Waals surface area contributed by atoms with Gasteiger partial charge in [0, 0.05) is 13.2 Å². The van der Waals surface area contributed by atoms with Gasteiger partial charge < -0.3 is 15.8 Å². The summed E-state index contributed by atoms with van der Waals surface area (Å²) in [6.45, 7) is 3.94. The third-order valence-electron chi connectivity index (χ3n) is 2.39. The summed E-state index contributed by atoms with van der Waals surface area (Å²) in [6.07, 6.45) is 1.01. The van der Waals surface area contributed by atoms with E-state index in [0.717, 1.165) is 24.2 Å². The third-order valence-corrected chi connectivity index (χ3v) is 2.39. The van der Waals surface area contributed by atoms with E-state index in [2.05, 4.69) is 12.2 Å². The fourth-order valence-corrected chi connectivity index (χ4v) is 1.46. The molecule has 17 heavy (non-hydrogen) atoms. The second kappa shape index (κ2) is 7.81. The summed E-state index contributed by atoms with van der Waals surface area (Å²) in [6, 6.07) is 7.92. The number of amides is 1. The number of ether oxygens (including phenoxy) is 1. The molecule has 0 aliphatic heterocycles. The topological polar surface area (TPSA) is 64.3 Å². The minimum Gasteiger partial charge on any atom is -0.377 e. The molecule has 0 aliphatic carbocycles. The van der Waals surface area contributed by atoms with E-state index < -0.39 is 0 Å². The first kappa shape index (κ1) is 13.7. The van der Waals surface area contributed by atoms with Gasteiger partial charge in [0.15, 0.2) is 0 Å². The molecule has 1 aromatic carbocycles. The van der Waals surface area contributed by atoms with Crippen LogP contribution in [0.15, 0.2) is 24.3 Å².